The monoisotopic (exact) mass is 388 g/mol. The molecule has 0 aliphatic rings. The number of aliphatic hydroxyl groups is 1. The Morgan fingerprint density at radius 2 is 1.64 bits per heavy atom. The highest BCUT2D eigenvalue weighted by Gasteiger charge is 2.15. The van der Waals surface area contributed by atoms with Crippen molar-refractivity contribution in [3.05, 3.63) is 53.6 Å². The van der Waals surface area contributed by atoms with Crippen molar-refractivity contribution in [1.29, 1.82) is 0 Å². The third-order valence-electron chi connectivity index (χ3n) is 4.74. The summed E-state index contributed by atoms with van der Waals surface area (Å²) in [5.74, 6) is 1.70. The molecule has 2 aromatic rings. The molecular formula is C22H32N2O4. The van der Waals surface area contributed by atoms with Crippen LogP contribution in [0.15, 0.2) is 42.5 Å². The zero-order valence-electron chi connectivity index (χ0n) is 16.9. The zero-order chi connectivity index (χ0) is 20.4. The Morgan fingerprint density at radius 3 is 2.32 bits per heavy atom. The predicted molar refractivity (Wildman–Crippen MR) is 111 cm³/mol. The lowest BCUT2D eigenvalue weighted by atomic mass is 10.0. The van der Waals surface area contributed by atoms with E-state index in [1.54, 1.807) is 38.5 Å². The first-order chi connectivity index (χ1) is 13.5. The Balaban J connectivity index is 1.61. The molecule has 28 heavy (non-hydrogen) atoms. The van der Waals surface area contributed by atoms with Crippen LogP contribution in [0.4, 0.5) is 0 Å². The van der Waals surface area contributed by atoms with E-state index in [4.69, 9.17) is 9.47 Å². The third kappa shape index (κ3) is 6.71. The van der Waals surface area contributed by atoms with Gasteiger partial charge in [0.25, 0.3) is 0 Å². The summed E-state index contributed by atoms with van der Waals surface area (Å²) in [5, 5.41) is 26.5. The molecule has 0 saturated heterocycles. The second kappa shape index (κ2) is 11.5. The van der Waals surface area contributed by atoms with Crippen LogP contribution in [0.2, 0.25) is 0 Å². The smallest absolute Gasteiger partial charge is 0.160 e. The van der Waals surface area contributed by atoms with Gasteiger partial charge in [-0.3, -0.25) is 0 Å². The van der Waals surface area contributed by atoms with Crippen LogP contribution in [-0.4, -0.2) is 50.1 Å². The van der Waals surface area contributed by atoms with Gasteiger partial charge in [0.2, 0.25) is 0 Å². The van der Waals surface area contributed by atoms with E-state index in [9.17, 15) is 10.2 Å². The van der Waals surface area contributed by atoms with E-state index in [0.717, 1.165) is 49.5 Å². The number of rotatable bonds is 12. The van der Waals surface area contributed by atoms with E-state index in [-0.39, 0.29) is 11.8 Å². The molecule has 2 atom stereocenters. The lowest BCUT2D eigenvalue weighted by Gasteiger charge is -2.20. The van der Waals surface area contributed by atoms with E-state index < -0.39 is 6.10 Å². The number of ether oxygens (including phenoxy) is 2. The van der Waals surface area contributed by atoms with Crippen LogP contribution in [0.3, 0.4) is 0 Å². The molecule has 4 N–H and O–H groups in total. The van der Waals surface area contributed by atoms with Gasteiger partial charge in [0, 0.05) is 6.04 Å². The highest BCUT2D eigenvalue weighted by Crippen LogP contribution is 2.27. The highest BCUT2D eigenvalue weighted by molar-refractivity contribution is 5.42. The molecule has 0 aliphatic heterocycles. The summed E-state index contributed by atoms with van der Waals surface area (Å²) >= 11 is 0. The fraction of sp³-hybridized carbons (Fsp3) is 0.455. The molecule has 2 aromatic carbocycles. The topological polar surface area (TPSA) is 83.0 Å². The number of hydrogen-bond donors (Lipinski definition) is 4. The molecule has 6 nitrogen and oxygen atoms in total. The van der Waals surface area contributed by atoms with Gasteiger partial charge in [0.15, 0.2) is 11.5 Å². The number of phenols is 1. The molecule has 2 rings (SSSR count). The standard InChI is InChI=1S/C22H32N2O4/c1-16(22(26)18-6-8-19(25)9-7-18)24-13-4-12-23-14-11-17-5-10-20(27-2)21(15-17)28-3/h5-10,15-16,22-26H,4,11-14H2,1-3H3. The van der Waals surface area contributed by atoms with E-state index in [0.29, 0.717) is 0 Å². The van der Waals surface area contributed by atoms with Crippen LogP contribution in [0, 0.1) is 0 Å². The average Bonchev–Trinajstić information content (AvgIpc) is 2.72. The summed E-state index contributed by atoms with van der Waals surface area (Å²) in [7, 11) is 3.28. The Hall–Kier alpha value is -2.28. The molecule has 0 saturated carbocycles. The highest BCUT2D eigenvalue weighted by atomic mass is 16.5. The predicted octanol–water partition coefficient (Wildman–Crippen LogP) is 2.64. The summed E-state index contributed by atoms with van der Waals surface area (Å²) in [5.41, 5.74) is 2.00. The van der Waals surface area contributed by atoms with Gasteiger partial charge in [-0.25, -0.2) is 0 Å². The van der Waals surface area contributed by atoms with Gasteiger partial charge in [-0.1, -0.05) is 18.2 Å². The van der Waals surface area contributed by atoms with Gasteiger partial charge in [0.05, 0.1) is 20.3 Å². The minimum absolute atomic E-state index is 0.0590. The van der Waals surface area contributed by atoms with Crippen LogP contribution in [0.5, 0.6) is 17.2 Å². The fourth-order valence-corrected chi connectivity index (χ4v) is 3.01. The minimum Gasteiger partial charge on any atom is -0.508 e. The summed E-state index contributed by atoms with van der Waals surface area (Å²) in [4.78, 5) is 0. The summed E-state index contributed by atoms with van der Waals surface area (Å²) < 4.78 is 10.6. The van der Waals surface area contributed by atoms with E-state index >= 15 is 0 Å². The van der Waals surface area contributed by atoms with Gasteiger partial charge in [0.1, 0.15) is 5.75 Å². The van der Waals surface area contributed by atoms with Crippen LogP contribution < -0.4 is 20.1 Å². The number of benzene rings is 2. The molecule has 2 unspecified atom stereocenters. The molecule has 154 valence electrons. The van der Waals surface area contributed by atoms with Crippen LogP contribution in [-0.2, 0) is 6.42 Å². The van der Waals surface area contributed by atoms with Crippen molar-refractivity contribution in [2.75, 3.05) is 33.9 Å². The lowest BCUT2D eigenvalue weighted by molar-refractivity contribution is 0.136. The van der Waals surface area contributed by atoms with Gasteiger partial charge in [-0.05, 0) is 74.8 Å². The number of phenolic OH excluding ortho intramolecular Hbond substituents is 1. The van der Waals surface area contributed by atoms with Crippen molar-refractivity contribution in [3.63, 3.8) is 0 Å². The molecule has 0 aromatic heterocycles. The first-order valence-corrected chi connectivity index (χ1v) is 9.67. The fourth-order valence-electron chi connectivity index (χ4n) is 3.01. The summed E-state index contributed by atoms with van der Waals surface area (Å²) in [6.45, 7) is 4.57. The number of methoxy groups -OCH3 is 2. The first-order valence-electron chi connectivity index (χ1n) is 9.67. The second-order valence-corrected chi connectivity index (χ2v) is 6.82. The number of nitrogens with one attached hydrogen (secondary N) is 2. The van der Waals surface area contributed by atoms with E-state index in [1.807, 2.05) is 19.1 Å². The summed E-state index contributed by atoms with van der Waals surface area (Å²) in [6, 6.07) is 12.6. The maximum absolute atomic E-state index is 10.3. The van der Waals surface area contributed by atoms with Crippen LogP contribution in [0.1, 0.15) is 30.6 Å². The van der Waals surface area contributed by atoms with Gasteiger partial charge in [-0.2, -0.15) is 0 Å². The SMILES string of the molecule is COc1ccc(CCNCCCNC(C)C(O)c2ccc(O)cc2)cc1OC. The maximum Gasteiger partial charge on any atom is 0.160 e. The van der Waals surface area contributed by atoms with Gasteiger partial charge >= 0.3 is 0 Å². The molecular weight excluding hydrogens is 356 g/mol. The van der Waals surface area contributed by atoms with Gasteiger partial charge in [-0.15, -0.1) is 0 Å². The van der Waals surface area contributed by atoms with Gasteiger partial charge < -0.3 is 30.3 Å². The first kappa shape index (κ1) is 22.0. The van der Waals surface area contributed by atoms with Crippen molar-refractivity contribution >= 4 is 0 Å². The average molecular weight is 389 g/mol. The molecule has 0 heterocycles. The van der Waals surface area contributed by atoms with E-state index in [1.165, 1.54) is 5.56 Å². The minimum atomic E-state index is -0.599. The number of aliphatic hydroxyl groups excluding tert-OH is 1. The summed E-state index contributed by atoms with van der Waals surface area (Å²) in [6.07, 6.45) is 1.29. The molecule has 0 fully saturated rings. The normalized spacial score (nSPS) is 13.1. The Labute approximate surface area is 167 Å². The quantitative estimate of drug-likeness (QED) is 0.419. The Bertz CT molecular complexity index is 706. The van der Waals surface area contributed by atoms with Crippen LogP contribution in [0.25, 0.3) is 0 Å². The van der Waals surface area contributed by atoms with Crippen LogP contribution >= 0.6 is 0 Å². The Morgan fingerprint density at radius 1 is 0.929 bits per heavy atom. The molecule has 0 spiro atoms. The molecule has 6 heteroatoms. The van der Waals surface area contributed by atoms with Crippen molar-refractivity contribution in [3.8, 4) is 17.2 Å². The lowest BCUT2D eigenvalue weighted by Crippen LogP contribution is -2.34. The number of hydrogen-bond acceptors (Lipinski definition) is 6. The third-order valence-corrected chi connectivity index (χ3v) is 4.74. The largest absolute Gasteiger partial charge is 0.508 e. The van der Waals surface area contributed by atoms with E-state index in [2.05, 4.69) is 16.7 Å². The van der Waals surface area contributed by atoms with Crippen molar-refractivity contribution in [1.82, 2.24) is 10.6 Å². The van der Waals surface area contributed by atoms with Crippen molar-refractivity contribution < 1.29 is 19.7 Å². The molecule has 0 amide bonds. The van der Waals surface area contributed by atoms with Crippen molar-refractivity contribution in [2.24, 2.45) is 0 Å². The molecule has 0 bridgehead atoms. The molecule has 0 radical (unpaired) electrons. The zero-order valence-corrected chi connectivity index (χ0v) is 16.9. The van der Waals surface area contributed by atoms with Crippen molar-refractivity contribution in [2.45, 2.75) is 31.9 Å². The second-order valence-electron chi connectivity index (χ2n) is 6.82. The Kier molecular flexibility index (Phi) is 9.07. The molecule has 0 aliphatic carbocycles. The number of aromatic hydroxyl groups is 1. The maximum atomic E-state index is 10.3.